The molecule has 5 heterocycles. The molecule has 1 aromatic carbocycles. The van der Waals surface area contributed by atoms with E-state index in [2.05, 4.69) is 63.8 Å². The fraction of sp³-hybridized carbons (Fsp3) is 0.320. The summed E-state index contributed by atoms with van der Waals surface area (Å²) in [5.41, 5.74) is 6.25. The van der Waals surface area contributed by atoms with Gasteiger partial charge in [0.1, 0.15) is 11.6 Å². The van der Waals surface area contributed by atoms with Gasteiger partial charge in [0, 0.05) is 42.8 Å². The van der Waals surface area contributed by atoms with Crippen molar-refractivity contribution >= 4 is 41.1 Å². The Bertz CT molecular complexity index is 1280. The largest absolute Gasteiger partial charge is 0.385 e. The first-order valence-corrected chi connectivity index (χ1v) is 11.5. The molecule has 33 heavy (non-hydrogen) atoms. The minimum absolute atomic E-state index is 0. The minimum atomic E-state index is 0. The summed E-state index contributed by atoms with van der Waals surface area (Å²) >= 11 is 0. The number of benzene rings is 1. The van der Waals surface area contributed by atoms with Crippen LogP contribution >= 0.6 is 12.4 Å². The van der Waals surface area contributed by atoms with Gasteiger partial charge in [-0.15, -0.1) is 12.4 Å². The molecule has 0 spiro atoms. The van der Waals surface area contributed by atoms with Crippen LogP contribution in [-0.4, -0.2) is 38.7 Å². The molecule has 0 bridgehead atoms. The number of nitrogens with one attached hydrogen (secondary N) is 2. The van der Waals surface area contributed by atoms with Gasteiger partial charge in [0.15, 0.2) is 5.65 Å². The third kappa shape index (κ3) is 4.09. The number of hydrogen-bond donors (Lipinski definition) is 2. The number of aryl methyl sites for hydroxylation is 1. The van der Waals surface area contributed by atoms with Crippen LogP contribution in [0.25, 0.3) is 16.9 Å². The van der Waals surface area contributed by atoms with Crippen LogP contribution in [0.15, 0.2) is 54.9 Å². The molecule has 0 aliphatic carbocycles. The molecule has 2 aliphatic heterocycles. The summed E-state index contributed by atoms with van der Waals surface area (Å²) in [5, 5.41) is 11.8. The molecule has 4 aromatic rings. The molecule has 8 heteroatoms. The van der Waals surface area contributed by atoms with Crippen molar-refractivity contribution in [3.8, 4) is 11.3 Å². The van der Waals surface area contributed by atoms with E-state index in [1.165, 1.54) is 30.5 Å². The summed E-state index contributed by atoms with van der Waals surface area (Å²) < 4.78 is 1.83. The van der Waals surface area contributed by atoms with Crippen molar-refractivity contribution in [2.45, 2.75) is 38.6 Å². The first kappa shape index (κ1) is 21.5. The Morgan fingerprint density at radius 2 is 2.06 bits per heavy atom. The molecule has 3 aromatic heterocycles. The van der Waals surface area contributed by atoms with Gasteiger partial charge in [-0.1, -0.05) is 18.2 Å². The van der Waals surface area contributed by atoms with E-state index in [9.17, 15) is 0 Å². The maximum atomic E-state index is 4.90. The van der Waals surface area contributed by atoms with Gasteiger partial charge < -0.3 is 15.5 Å². The smallest absolute Gasteiger partial charge is 0.177 e. The van der Waals surface area contributed by atoms with Gasteiger partial charge in [-0.2, -0.15) is 5.10 Å². The Morgan fingerprint density at radius 1 is 1.12 bits per heavy atom. The zero-order chi connectivity index (χ0) is 21.5. The zero-order valence-electron chi connectivity index (χ0n) is 18.7. The van der Waals surface area contributed by atoms with Gasteiger partial charge >= 0.3 is 0 Å². The van der Waals surface area contributed by atoms with Crippen LogP contribution in [0.1, 0.15) is 31.7 Å². The quantitative estimate of drug-likeness (QED) is 0.429. The van der Waals surface area contributed by atoms with Crippen LogP contribution in [0.3, 0.4) is 0 Å². The van der Waals surface area contributed by atoms with Gasteiger partial charge in [-0.3, -0.25) is 0 Å². The third-order valence-electron chi connectivity index (χ3n) is 6.55. The van der Waals surface area contributed by atoms with E-state index in [0.717, 1.165) is 53.7 Å². The maximum Gasteiger partial charge on any atom is 0.177 e. The van der Waals surface area contributed by atoms with Crippen molar-refractivity contribution in [3.63, 3.8) is 0 Å². The van der Waals surface area contributed by atoms with Gasteiger partial charge in [0.2, 0.25) is 0 Å². The summed E-state index contributed by atoms with van der Waals surface area (Å²) in [6.07, 6.45) is 8.41. The Morgan fingerprint density at radius 3 is 2.94 bits per heavy atom. The lowest BCUT2D eigenvalue weighted by Crippen LogP contribution is -2.27. The van der Waals surface area contributed by atoms with Crippen molar-refractivity contribution in [2.24, 2.45) is 0 Å². The number of nitrogens with zero attached hydrogens (tertiary/aromatic N) is 5. The lowest BCUT2D eigenvalue weighted by molar-refractivity contribution is 0.727. The number of hydrogen-bond acceptors (Lipinski definition) is 6. The molecule has 0 saturated carbocycles. The molecule has 170 valence electrons. The van der Waals surface area contributed by atoms with E-state index in [1.54, 1.807) is 6.20 Å². The van der Waals surface area contributed by atoms with E-state index in [1.807, 2.05) is 16.8 Å². The van der Waals surface area contributed by atoms with Gasteiger partial charge in [0.25, 0.3) is 0 Å². The normalized spacial score (nSPS) is 17.4. The molecule has 2 N–H and O–H groups in total. The number of imidazole rings is 1. The van der Waals surface area contributed by atoms with Gasteiger partial charge in [-0.05, 0) is 62.4 Å². The average molecular weight is 462 g/mol. The van der Waals surface area contributed by atoms with Crippen LogP contribution in [0.2, 0.25) is 0 Å². The number of rotatable bonds is 4. The molecule has 0 radical (unpaired) electrons. The summed E-state index contributed by atoms with van der Waals surface area (Å²) in [7, 11) is 0. The molecule has 1 saturated heterocycles. The van der Waals surface area contributed by atoms with Crippen LogP contribution in [0.4, 0.5) is 23.0 Å². The molecule has 7 nitrogen and oxygen atoms in total. The van der Waals surface area contributed by atoms with Crippen LogP contribution in [0.5, 0.6) is 0 Å². The lowest BCUT2D eigenvalue weighted by atomic mass is 10.00. The molecular weight excluding hydrogens is 434 g/mol. The first-order chi connectivity index (χ1) is 15.7. The molecule has 1 fully saturated rings. The summed E-state index contributed by atoms with van der Waals surface area (Å²) in [5.74, 6) is 1.84. The van der Waals surface area contributed by atoms with Crippen molar-refractivity contribution in [1.29, 1.82) is 0 Å². The Kier molecular flexibility index (Phi) is 5.81. The van der Waals surface area contributed by atoms with Gasteiger partial charge in [-0.25, -0.2) is 14.5 Å². The second kappa shape index (κ2) is 8.90. The van der Waals surface area contributed by atoms with E-state index in [-0.39, 0.29) is 12.4 Å². The summed E-state index contributed by atoms with van der Waals surface area (Å²) in [6.45, 7) is 4.36. The van der Waals surface area contributed by atoms with Crippen molar-refractivity contribution in [2.75, 3.05) is 28.6 Å². The second-order valence-corrected chi connectivity index (χ2v) is 8.73. The van der Waals surface area contributed by atoms with E-state index in [4.69, 9.17) is 10.1 Å². The Hall–Kier alpha value is -3.32. The van der Waals surface area contributed by atoms with Gasteiger partial charge in [0.05, 0.1) is 11.4 Å². The molecule has 1 unspecified atom stereocenters. The van der Waals surface area contributed by atoms with E-state index in [0.29, 0.717) is 6.04 Å². The number of pyridine rings is 1. The van der Waals surface area contributed by atoms with E-state index >= 15 is 0 Å². The number of anilines is 4. The van der Waals surface area contributed by atoms with Crippen molar-refractivity contribution < 1.29 is 0 Å². The molecule has 6 rings (SSSR count). The lowest BCUT2D eigenvalue weighted by Gasteiger charge is -2.23. The third-order valence-corrected chi connectivity index (χ3v) is 6.55. The average Bonchev–Trinajstić information content (AvgIpc) is 3.48. The monoisotopic (exact) mass is 461 g/mol. The second-order valence-electron chi connectivity index (χ2n) is 8.73. The molecule has 2 aliphatic rings. The molecule has 1 atom stereocenters. The summed E-state index contributed by atoms with van der Waals surface area (Å²) in [6, 6.07) is 15.3. The predicted octanol–water partition coefficient (Wildman–Crippen LogP) is 5.30. The number of halogens is 1. The maximum absolute atomic E-state index is 4.90. The summed E-state index contributed by atoms with van der Waals surface area (Å²) in [4.78, 5) is 11.8. The van der Waals surface area contributed by atoms with Crippen LogP contribution in [-0.2, 0) is 6.42 Å². The Labute approximate surface area is 199 Å². The highest BCUT2D eigenvalue weighted by atomic mass is 35.5. The van der Waals surface area contributed by atoms with E-state index < -0.39 is 0 Å². The zero-order valence-corrected chi connectivity index (χ0v) is 19.5. The highest BCUT2D eigenvalue weighted by molar-refractivity contribution is 5.85. The first-order valence-electron chi connectivity index (χ1n) is 11.5. The fourth-order valence-corrected chi connectivity index (χ4v) is 4.83. The van der Waals surface area contributed by atoms with Crippen molar-refractivity contribution in [3.05, 3.63) is 60.4 Å². The molecular formula is C25H28ClN7. The molecule has 0 amide bonds. The SMILES string of the molecule is CC1CCCN1c1cccc(Nc2cc(-c3ccc4c(c3)NCCC4)nn3ccnc23)n1.Cl. The Balaban J connectivity index is 0.00000228. The fourth-order valence-electron chi connectivity index (χ4n) is 4.83. The van der Waals surface area contributed by atoms with Crippen molar-refractivity contribution in [1.82, 2.24) is 19.6 Å². The highest BCUT2D eigenvalue weighted by Gasteiger charge is 2.21. The number of aromatic nitrogens is 4. The predicted molar refractivity (Wildman–Crippen MR) is 136 cm³/mol. The minimum Gasteiger partial charge on any atom is -0.385 e. The topological polar surface area (TPSA) is 70.4 Å². The van der Waals surface area contributed by atoms with Crippen LogP contribution in [0, 0.1) is 0 Å². The standard InChI is InChI=1S/C25H27N7.ClH/c1-17-5-4-13-31(17)24-8-2-7-23(29-24)28-22-16-21(30-32-14-12-27-25(22)32)19-10-9-18-6-3-11-26-20(18)15-19;/h2,7-10,12,14-17,26H,3-6,11,13H2,1H3,(H,28,29);1H. The highest BCUT2D eigenvalue weighted by Crippen LogP contribution is 2.31. The number of fused-ring (bicyclic) bond motifs is 2. The van der Waals surface area contributed by atoms with Crippen LogP contribution < -0.4 is 15.5 Å².